The van der Waals surface area contributed by atoms with Crippen LogP contribution in [0.3, 0.4) is 0 Å². The third-order valence-corrected chi connectivity index (χ3v) is 4.51. The standard InChI is InChI=1S/C19H23NO3/c1-4-9-23-17-8-6-5-7-16(17)20-18(21)14-10-12(2)13(3)11-15(14)19(20)22/h5-8,21-22H,4,9-11H2,1-3H3. The fourth-order valence-electron chi connectivity index (χ4n) is 3.05. The number of para-hydroxylation sites is 2. The van der Waals surface area contributed by atoms with Crippen molar-refractivity contribution in [2.24, 2.45) is 0 Å². The quantitative estimate of drug-likeness (QED) is 0.835. The largest absolute Gasteiger partial charge is 0.494 e. The van der Waals surface area contributed by atoms with E-state index < -0.39 is 0 Å². The summed E-state index contributed by atoms with van der Waals surface area (Å²) < 4.78 is 7.27. The Bertz CT molecular complexity index is 734. The highest BCUT2D eigenvalue weighted by Crippen LogP contribution is 2.43. The first-order valence-corrected chi connectivity index (χ1v) is 8.06. The highest BCUT2D eigenvalue weighted by atomic mass is 16.5. The average molecular weight is 313 g/mol. The van der Waals surface area contributed by atoms with Gasteiger partial charge in [0.2, 0.25) is 11.8 Å². The summed E-state index contributed by atoms with van der Waals surface area (Å²) in [4.78, 5) is 0. The van der Waals surface area contributed by atoms with E-state index in [1.807, 2.05) is 31.2 Å². The van der Waals surface area contributed by atoms with E-state index in [4.69, 9.17) is 4.74 Å². The van der Waals surface area contributed by atoms with Crippen LogP contribution in [0.4, 0.5) is 0 Å². The van der Waals surface area contributed by atoms with Crippen LogP contribution in [0.1, 0.15) is 38.3 Å². The Labute approximate surface area is 136 Å². The van der Waals surface area contributed by atoms with Crippen LogP contribution in [0, 0.1) is 0 Å². The van der Waals surface area contributed by atoms with Crippen LogP contribution in [0.25, 0.3) is 5.69 Å². The van der Waals surface area contributed by atoms with E-state index in [-0.39, 0.29) is 11.8 Å². The lowest BCUT2D eigenvalue weighted by molar-refractivity contribution is 0.313. The van der Waals surface area contributed by atoms with Crippen molar-refractivity contribution in [3.8, 4) is 23.2 Å². The molecule has 1 aliphatic rings. The minimum absolute atomic E-state index is 0.108. The van der Waals surface area contributed by atoms with E-state index in [0.717, 1.165) is 17.5 Å². The third-order valence-electron chi connectivity index (χ3n) is 4.51. The molecular formula is C19H23NO3. The summed E-state index contributed by atoms with van der Waals surface area (Å²) in [6.07, 6.45) is 2.24. The number of ether oxygens (including phenoxy) is 1. The molecule has 122 valence electrons. The zero-order valence-corrected chi connectivity index (χ0v) is 13.9. The minimum atomic E-state index is 0.108. The molecule has 2 aromatic rings. The number of allylic oxidation sites excluding steroid dienone is 2. The molecule has 1 aromatic heterocycles. The van der Waals surface area contributed by atoms with Gasteiger partial charge in [-0.25, -0.2) is 4.57 Å². The number of nitrogens with zero attached hydrogens (tertiary/aromatic N) is 1. The molecule has 0 spiro atoms. The summed E-state index contributed by atoms with van der Waals surface area (Å²) in [6, 6.07) is 7.48. The van der Waals surface area contributed by atoms with E-state index in [9.17, 15) is 10.2 Å². The Morgan fingerprint density at radius 2 is 1.57 bits per heavy atom. The molecule has 1 aromatic carbocycles. The molecule has 0 aliphatic heterocycles. The van der Waals surface area contributed by atoms with Crippen LogP contribution in [-0.2, 0) is 12.8 Å². The number of rotatable bonds is 4. The van der Waals surface area contributed by atoms with Crippen LogP contribution in [0.15, 0.2) is 35.4 Å². The van der Waals surface area contributed by atoms with E-state index in [1.54, 1.807) is 0 Å². The molecule has 1 heterocycles. The zero-order valence-electron chi connectivity index (χ0n) is 13.9. The van der Waals surface area contributed by atoms with Gasteiger partial charge in [0.25, 0.3) is 0 Å². The molecule has 0 unspecified atom stereocenters. The molecule has 0 radical (unpaired) electrons. The van der Waals surface area contributed by atoms with E-state index in [1.165, 1.54) is 15.7 Å². The highest BCUT2D eigenvalue weighted by molar-refractivity contribution is 5.60. The Hall–Kier alpha value is -2.36. The summed E-state index contributed by atoms with van der Waals surface area (Å²) in [5, 5.41) is 21.4. The smallest absolute Gasteiger partial charge is 0.202 e. The second kappa shape index (κ2) is 6.03. The first-order chi connectivity index (χ1) is 11.0. The van der Waals surface area contributed by atoms with E-state index in [2.05, 4.69) is 13.8 Å². The van der Waals surface area contributed by atoms with Crippen LogP contribution < -0.4 is 4.74 Å². The Kier molecular flexibility index (Phi) is 4.07. The molecule has 2 N–H and O–H groups in total. The molecule has 3 rings (SSSR count). The van der Waals surface area contributed by atoms with E-state index >= 15 is 0 Å². The third kappa shape index (κ3) is 2.58. The summed E-state index contributed by atoms with van der Waals surface area (Å²) in [5.41, 5.74) is 4.80. The van der Waals surface area contributed by atoms with Gasteiger partial charge in [0, 0.05) is 11.1 Å². The lowest BCUT2D eigenvalue weighted by atomic mass is 9.90. The minimum Gasteiger partial charge on any atom is -0.494 e. The predicted octanol–water partition coefficient (Wildman–Crippen LogP) is 4.11. The van der Waals surface area contributed by atoms with Crippen molar-refractivity contribution in [2.75, 3.05) is 6.61 Å². The highest BCUT2D eigenvalue weighted by Gasteiger charge is 2.27. The first kappa shape index (κ1) is 15.5. The van der Waals surface area contributed by atoms with Gasteiger partial charge in [-0.15, -0.1) is 0 Å². The lowest BCUT2D eigenvalue weighted by Crippen LogP contribution is -2.03. The number of aromatic nitrogens is 1. The van der Waals surface area contributed by atoms with Gasteiger partial charge in [-0.2, -0.15) is 0 Å². The second-order valence-corrected chi connectivity index (χ2v) is 6.17. The fourth-order valence-corrected chi connectivity index (χ4v) is 3.05. The van der Waals surface area contributed by atoms with Gasteiger partial charge in [0.15, 0.2) is 0 Å². The van der Waals surface area contributed by atoms with Gasteiger partial charge in [-0.1, -0.05) is 30.2 Å². The number of fused-ring (bicyclic) bond motifs is 1. The summed E-state index contributed by atoms with van der Waals surface area (Å²) in [5.74, 6) is 0.877. The monoisotopic (exact) mass is 313 g/mol. The fraction of sp³-hybridized carbons (Fsp3) is 0.368. The van der Waals surface area contributed by atoms with Crippen molar-refractivity contribution in [2.45, 2.75) is 40.0 Å². The number of hydrogen-bond acceptors (Lipinski definition) is 3. The average Bonchev–Trinajstić information content (AvgIpc) is 2.77. The Morgan fingerprint density at radius 3 is 2.13 bits per heavy atom. The number of benzene rings is 1. The zero-order chi connectivity index (χ0) is 16.6. The summed E-state index contributed by atoms with van der Waals surface area (Å²) >= 11 is 0. The molecule has 0 atom stereocenters. The molecule has 4 heteroatoms. The first-order valence-electron chi connectivity index (χ1n) is 8.06. The maximum atomic E-state index is 10.7. The van der Waals surface area contributed by atoms with E-state index in [0.29, 0.717) is 30.9 Å². The van der Waals surface area contributed by atoms with Crippen LogP contribution in [-0.4, -0.2) is 21.4 Å². The molecule has 4 nitrogen and oxygen atoms in total. The van der Waals surface area contributed by atoms with Crippen molar-refractivity contribution in [3.63, 3.8) is 0 Å². The van der Waals surface area contributed by atoms with Gasteiger partial charge in [0.1, 0.15) is 5.75 Å². The topological polar surface area (TPSA) is 54.6 Å². The van der Waals surface area contributed by atoms with Gasteiger partial charge in [0.05, 0.1) is 12.3 Å². The molecule has 0 saturated carbocycles. The number of hydrogen-bond donors (Lipinski definition) is 2. The molecular weight excluding hydrogens is 290 g/mol. The van der Waals surface area contributed by atoms with Crippen molar-refractivity contribution >= 4 is 0 Å². The normalized spacial score (nSPS) is 14.0. The molecule has 1 aliphatic carbocycles. The molecule has 0 amide bonds. The molecule has 0 fully saturated rings. The lowest BCUT2D eigenvalue weighted by Gasteiger charge is -2.15. The van der Waals surface area contributed by atoms with Crippen molar-refractivity contribution < 1.29 is 14.9 Å². The van der Waals surface area contributed by atoms with Crippen LogP contribution in [0.2, 0.25) is 0 Å². The molecule has 23 heavy (non-hydrogen) atoms. The Balaban J connectivity index is 2.11. The Morgan fingerprint density at radius 1 is 1.00 bits per heavy atom. The second-order valence-electron chi connectivity index (χ2n) is 6.17. The van der Waals surface area contributed by atoms with Crippen molar-refractivity contribution in [3.05, 3.63) is 46.5 Å². The maximum Gasteiger partial charge on any atom is 0.202 e. The SMILES string of the molecule is CCCOc1ccccc1-n1c(O)c2c(c1O)CC(C)=C(C)C2. The van der Waals surface area contributed by atoms with Gasteiger partial charge in [-0.3, -0.25) is 0 Å². The molecule has 0 saturated heterocycles. The molecule has 0 bridgehead atoms. The summed E-state index contributed by atoms with van der Waals surface area (Å²) in [6.45, 7) is 6.79. The van der Waals surface area contributed by atoms with Gasteiger partial charge in [-0.05, 0) is 45.2 Å². The number of aromatic hydroxyl groups is 2. The van der Waals surface area contributed by atoms with Crippen molar-refractivity contribution in [1.29, 1.82) is 0 Å². The van der Waals surface area contributed by atoms with Gasteiger partial charge < -0.3 is 14.9 Å². The predicted molar refractivity (Wildman–Crippen MR) is 90.7 cm³/mol. The van der Waals surface area contributed by atoms with Crippen molar-refractivity contribution in [1.82, 2.24) is 4.57 Å². The summed E-state index contributed by atoms with van der Waals surface area (Å²) in [7, 11) is 0. The van der Waals surface area contributed by atoms with Crippen LogP contribution in [0.5, 0.6) is 17.5 Å². The van der Waals surface area contributed by atoms with Crippen LogP contribution >= 0.6 is 0 Å². The van der Waals surface area contributed by atoms with Gasteiger partial charge >= 0.3 is 0 Å². The maximum absolute atomic E-state index is 10.7.